The van der Waals surface area contributed by atoms with Crippen molar-refractivity contribution in [2.24, 2.45) is 0 Å². The van der Waals surface area contributed by atoms with Gasteiger partial charge in [0.05, 0.1) is 25.3 Å². The van der Waals surface area contributed by atoms with Crippen LogP contribution in [0.1, 0.15) is 63.0 Å². The van der Waals surface area contributed by atoms with E-state index in [-0.39, 0.29) is 18.7 Å². The van der Waals surface area contributed by atoms with Crippen molar-refractivity contribution in [1.82, 2.24) is 4.98 Å². The molecule has 1 amide bonds. The average molecular weight is 429 g/mol. The van der Waals surface area contributed by atoms with Gasteiger partial charge < -0.3 is 19.9 Å². The van der Waals surface area contributed by atoms with E-state index in [1.165, 1.54) is 0 Å². The molecule has 0 bridgehead atoms. The lowest BCUT2D eigenvalue weighted by Gasteiger charge is -2.19. The van der Waals surface area contributed by atoms with E-state index in [2.05, 4.69) is 10.3 Å². The molecule has 2 aromatic rings. The molecule has 7 nitrogen and oxygen atoms in total. The van der Waals surface area contributed by atoms with Crippen molar-refractivity contribution < 1.29 is 24.2 Å². The SMILES string of the molecule is COc1cc(CC[C@@H](O)c2cccc(NC(=O)CCC(=O)OC(C)(C)C)n2)ccc1C. The van der Waals surface area contributed by atoms with E-state index in [0.29, 0.717) is 24.4 Å². The minimum Gasteiger partial charge on any atom is -0.496 e. The van der Waals surface area contributed by atoms with Crippen LogP contribution in [0.5, 0.6) is 5.75 Å². The molecule has 0 saturated carbocycles. The summed E-state index contributed by atoms with van der Waals surface area (Å²) in [6.45, 7) is 7.32. The van der Waals surface area contributed by atoms with Gasteiger partial charge in [-0.3, -0.25) is 9.59 Å². The fraction of sp³-hybridized carbons (Fsp3) is 0.458. The van der Waals surface area contributed by atoms with Crippen molar-refractivity contribution >= 4 is 17.7 Å². The highest BCUT2D eigenvalue weighted by atomic mass is 16.6. The van der Waals surface area contributed by atoms with Crippen LogP contribution >= 0.6 is 0 Å². The van der Waals surface area contributed by atoms with Gasteiger partial charge in [-0.1, -0.05) is 18.2 Å². The molecule has 0 aliphatic heterocycles. The number of anilines is 1. The third kappa shape index (κ3) is 8.38. The zero-order valence-corrected chi connectivity index (χ0v) is 18.9. The second kappa shape index (κ2) is 10.9. The predicted molar refractivity (Wildman–Crippen MR) is 119 cm³/mol. The molecular formula is C24H32N2O5. The van der Waals surface area contributed by atoms with Crippen molar-refractivity contribution in [2.45, 2.75) is 65.1 Å². The Labute approximate surface area is 183 Å². The number of aromatic nitrogens is 1. The number of hydrogen-bond donors (Lipinski definition) is 2. The highest BCUT2D eigenvalue weighted by molar-refractivity contribution is 5.91. The Morgan fingerprint density at radius 2 is 1.90 bits per heavy atom. The molecule has 31 heavy (non-hydrogen) atoms. The summed E-state index contributed by atoms with van der Waals surface area (Å²) in [4.78, 5) is 28.2. The lowest BCUT2D eigenvalue weighted by atomic mass is 10.0. The van der Waals surface area contributed by atoms with E-state index >= 15 is 0 Å². The normalized spacial score (nSPS) is 12.2. The zero-order valence-electron chi connectivity index (χ0n) is 18.9. The van der Waals surface area contributed by atoms with E-state index in [0.717, 1.165) is 16.9 Å². The van der Waals surface area contributed by atoms with E-state index in [1.807, 2.05) is 25.1 Å². The molecule has 0 radical (unpaired) electrons. The molecule has 2 N–H and O–H groups in total. The van der Waals surface area contributed by atoms with E-state index in [9.17, 15) is 14.7 Å². The smallest absolute Gasteiger partial charge is 0.306 e. The Bertz CT molecular complexity index is 905. The summed E-state index contributed by atoms with van der Waals surface area (Å²) >= 11 is 0. The first-order valence-corrected chi connectivity index (χ1v) is 10.4. The molecule has 0 saturated heterocycles. The number of carbonyl (C=O) groups excluding carboxylic acids is 2. The summed E-state index contributed by atoms with van der Waals surface area (Å²) in [5.74, 6) is 0.396. The van der Waals surface area contributed by atoms with Crippen LogP contribution < -0.4 is 10.1 Å². The summed E-state index contributed by atoms with van der Waals surface area (Å²) in [6.07, 6.45) is 0.358. The molecular weight excluding hydrogens is 396 g/mol. The molecule has 0 aliphatic rings. The maximum Gasteiger partial charge on any atom is 0.306 e. The standard InChI is InChI=1S/C24H32N2O5/c1-16-9-10-17(15-20(16)30-5)11-12-19(27)18-7-6-8-21(25-18)26-22(28)13-14-23(29)31-24(2,3)4/h6-10,15,19,27H,11-14H2,1-5H3,(H,25,26,28)/t19-/m1/s1. The summed E-state index contributed by atoms with van der Waals surface area (Å²) in [6, 6.07) is 11.1. The van der Waals surface area contributed by atoms with Crippen LogP contribution in [-0.2, 0) is 20.7 Å². The third-order valence-electron chi connectivity index (χ3n) is 4.53. The van der Waals surface area contributed by atoms with Crippen LogP contribution in [0.3, 0.4) is 0 Å². The van der Waals surface area contributed by atoms with Crippen LogP contribution in [0, 0.1) is 6.92 Å². The van der Waals surface area contributed by atoms with Gasteiger partial charge in [0.25, 0.3) is 0 Å². The van der Waals surface area contributed by atoms with Gasteiger partial charge in [-0.2, -0.15) is 0 Å². The lowest BCUT2D eigenvalue weighted by Crippen LogP contribution is -2.24. The van der Waals surface area contributed by atoms with Gasteiger partial charge in [0, 0.05) is 6.42 Å². The lowest BCUT2D eigenvalue weighted by molar-refractivity contribution is -0.155. The Kier molecular flexibility index (Phi) is 8.56. The number of benzene rings is 1. The molecule has 0 aliphatic carbocycles. The largest absolute Gasteiger partial charge is 0.496 e. The van der Waals surface area contributed by atoms with Crippen LogP contribution in [0.4, 0.5) is 5.82 Å². The second-order valence-electron chi connectivity index (χ2n) is 8.44. The van der Waals surface area contributed by atoms with Crippen molar-refractivity contribution in [3.63, 3.8) is 0 Å². The number of nitrogens with zero attached hydrogens (tertiary/aromatic N) is 1. The van der Waals surface area contributed by atoms with Crippen LogP contribution in [0.25, 0.3) is 0 Å². The van der Waals surface area contributed by atoms with Gasteiger partial charge in [0.15, 0.2) is 0 Å². The first kappa shape index (κ1) is 24.3. The van der Waals surface area contributed by atoms with Crippen LogP contribution in [-0.4, -0.2) is 34.7 Å². The number of ether oxygens (including phenoxy) is 2. The summed E-state index contributed by atoms with van der Waals surface area (Å²) in [5, 5.41) is 13.2. The van der Waals surface area contributed by atoms with E-state index in [4.69, 9.17) is 9.47 Å². The first-order chi connectivity index (χ1) is 14.6. The van der Waals surface area contributed by atoms with E-state index < -0.39 is 17.7 Å². The first-order valence-electron chi connectivity index (χ1n) is 10.4. The Balaban J connectivity index is 1.89. The number of methoxy groups -OCH3 is 1. The van der Waals surface area contributed by atoms with Gasteiger partial charge in [-0.25, -0.2) is 4.98 Å². The molecule has 7 heteroatoms. The van der Waals surface area contributed by atoms with E-state index in [1.54, 1.807) is 46.1 Å². The van der Waals surface area contributed by atoms with Gasteiger partial charge in [0.2, 0.25) is 5.91 Å². The fourth-order valence-corrected chi connectivity index (χ4v) is 2.99. The summed E-state index contributed by atoms with van der Waals surface area (Å²) in [7, 11) is 1.64. The van der Waals surface area contributed by atoms with Gasteiger partial charge >= 0.3 is 5.97 Å². The molecule has 1 atom stereocenters. The van der Waals surface area contributed by atoms with Crippen molar-refractivity contribution in [2.75, 3.05) is 12.4 Å². The predicted octanol–water partition coefficient (Wildman–Crippen LogP) is 4.13. The number of aryl methyl sites for hydroxylation is 2. The zero-order chi connectivity index (χ0) is 23.0. The Morgan fingerprint density at radius 1 is 1.16 bits per heavy atom. The minimum absolute atomic E-state index is 0.00136. The average Bonchev–Trinajstić information content (AvgIpc) is 2.70. The fourth-order valence-electron chi connectivity index (χ4n) is 2.99. The number of amides is 1. The minimum atomic E-state index is -0.772. The number of nitrogens with one attached hydrogen (secondary N) is 1. The maximum absolute atomic E-state index is 12.1. The number of carbonyl (C=O) groups is 2. The molecule has 1 heterocycles. The molecule has 0 unspecified atom stereocenters. The maximum atomic E-state index is 12.1. The number of esters is 1. The Hall–Kier alpha value is -2.93. The highest BCUT2D eigenvalue weighted by Crippen LogP contribution is 2.23. The summed E-state index contributed by atoms with van der Waals surface area (Å²) < 4.78 is 10.5. The van der Waals surface area contributed by atoms with Crippen LogP contribution in [0.2, 0.25) is 0 Å². The number of aliphatic hydroxyl groups is 1. The number of pyridine rings is 1. The molecule has 168 valence electrons. The topological polar surface area (TPSA) is 97.8 Å². The van der Waals surface area contributed by atoms with Gasteiger partial charge in [-0.05, 0) is 69.9 Å². The number of hydrogen-bond acceptors (Lipinski definition) is 6. The molecule has 0 fully saturated rings. The monoisotopic (exact) mass is 428 g/mol. The Morgan fingerprint density at radius 3 is 2.58 bits per heavy atom. The summed E-state index contributed by atoms with van der Waals surface area (Å²) in [5.41, 5.74) is 2.02. The molecule has 0 spiro atoms. The van der Waals surface area contributed by atoms with Crippen molar-refractivity contribution in [1.29, 1.82) is 0 Å². The number of rotatable bonds is 9. The van der Waals surface area contributed by atoms with Crippen LogP contribution in [0.15, 0.2) is 36.4 Å². The molecule has 2 rings (SSSR count). The van der Waals surface area contributed by atoms with Crippen molar-refractivity contribution in [3.8, 4) is 5.75 Å². The quantitative estimate of drug-likeness (QED) is 0.583. The van der Waals surface area contributed by atoms with Gasteiger partial charge in [-0.15, -0.1) is 0 Å². The van der Waals surface area contributed by atoms with Crippen molar-refractivity contribution in [3.05, 3.63) is 53.2 Å². The molecule has 1 aromatic carbocycles. The number of aliphatic hydroxyl groups excluding tert-OH is 1. The second-order valence-corrected chi connectivity index (χ2v) is 8.44. The molecule has 1 aromatic heterocycles. The highest BCUT2D eigenvalue weighted by Gasteiger charge is 2.17. The third-order valence-corrected chi connectivity index (χ3v) is 4.53. The van der Waals surface area contributed by atoms with Gasteiger partial charge in [0.1, 0.15) is 17.2 Å².